The van der Waals surface area contributed by atoms with Crippen LogP contribution in [0, 0.1) is 5.92 Å². The van der Waals surface area contributed by atoms with Gasteiger partial charge >= 0.3 is 0 Å². The van der Waals surface area contributed by atoms with Crippen LogP contribution in [0.15, 0.2) is 4.99 Å². The van der Waals surface area contributed by atoms with Crippen LogP contribution in [0.1, 0.15) is 33.1 Å². The van der Waals surface area contributed by atoms with Crippen LogP contribution in [0.5, 0.6) is 0 Å². The summed E-state index contributed by atoms with van der Waals surface area (Å²) in [7, 11) is 1.81. The predicted octanol–water partition coefficient (Wildman–Crippen LogP) is 1.38. The molecular formula is C12H25N3O. The molecule has 4 nitrogen and oxygen atoms in total. The van der Waals surface area contributed by atoms with Gasteiger partial charge < -0.3 is 15.4 Å². The minimum Gasteiger partial charge on any atom is -0.380 e. The van der Waals surface area contributed by atoms with Crippen molar-refractivity contribution in [3.63, 3.8) is 0 Å². The topological polar surface area (TPSA) is 45.7 Å². The van der Waals surface area contributed by atoms with E-state index in [4.69, 9.17) is 4.74 Å². The average Bonchev–Trinajstić information content (AvgIpc) is 3.01. The van der Waals surface area contributed by atoms with E-state index >= 15 is 0 Å². The van der Waals surface area contributed by atoms with Crippen LogP contribution >= 0.6 is 0 Å². The molecule has 0 aliphatic heterocycles. The van der Waals surface area contributed by atoms with E-state index in [0.717, 1.165) is 31.6 Å². The summed E-state index contributed by atoms with van der Waals surface area (Å²) in [5.74, 6) is 1.76. The Bertz CT molecular complexity index is 218. The Balaban J connectivity index is 2.09. The van der Waals surface area contributed by atoms with Gasteiger partial charge in [0.15, 0.2) is 5.96 Å². The number of rotatable bonds is 7. The highest BCUT2D eigenvalue weighted by atomic mass is 16.5. The molecule has 2 atom stereocenters. The molecule has 2 N–H and O–H groups in total. The van der Waals surface area contributed by atoms with Gasteiger partial charge in [-0.1, -0.05) is 13.3 Å². The van der Waals surface area contributed by atoms with Gasteiger partial charge in [-0.05, 0) is 25.7 Å². The molecule has 0 saturated heterocycles. The largest absolute Gasteiger partial charge is 0.380 e. The summed E-state index contributed by atoms with van der Waals surface area (Å²) in [5, 5.41) is 6.69. The van der Waals surface area contributed by atoms with Gasteiger partial charge in [0.05, 0.1) is 6.61 Å². The second-order valence-corrected chi connectivity index (χ2v) is 4.23. The van der Waals surface area contributed by atoms with Crippen LogP contribution in [0.2, 0.25) is 0 Å². The van der Waals surface area contributed by atoms with E-state index in [-0.39, 0.29) is 0 Å². The highest BCUT2D eigenvalue weighted by Crippen LogP contribution is 2.34. The molecule has 0 radical (unpaired) electrons. The summed E-state index contributed by atoms with van der Waals surface area (Å²) in [6.45, 7) is 6.57. The lowest BCUT2D eigenvalue weighted by Gasteiger charge is -2.11. The quantitative estimate of drug-likeness (QED) is 0.392. The Labute approximate surface area is 98.9 Å². The molecule has 1 rings (SSSR count). The molecule has 1 fully saturated rings. The summed E-state index contributed by atoms with van der Waals surface area (Å²) in [6, 6.07) is 0.637. The van der Waals surface area contributed by atoms with Crippen LogP contribution in [0.4, 0.5) is 0 Å². The lowest BCUT2D eigenvalue weighted by Crippen LogP contribution is -2.40. The summed E-state index contributed by atoms with van der Waals surface area (Å²) >= 11 is 0. The highest BCUT2D eigenvalue weighted by Gasteiger charge is 2.36. The third-order valence-electron chi connectivity index (χ3n) is 2.87. The maximum Gasteiger partial charge on any atom is 0.191 e. The minimum absolute atomic E-state index is 0.637. The van der Waals surface area contributed by atoms with Crippen molar-refractivity contribution in [1.29, 1.82) is 0 Å². The van der Waals surface area contributed by atoms with Gasteiger partial charge in [0, 0.05) is 26.2 Å². The lowest BCUT2D eigenvalue weighted by molar-refractivity contribution is 0.152. The number of nitrogens with one attached hydrogen (secondary N) is 2. The maximum atomic E-state index is 5.26. The zero-order valence-corrected chi connectivity index (χ0v) is 10.8. The number of hydrogen-bond acceptors (Lipinski definition) is 2. The Morgan fingerprint density at radius 2 is 2.25 bits per heavy atom. The average molecular weight is 227 g/mol. The molecule has 0 bridgehead atoms. The third-order valence-corrected chi connectivity index (χ3v) is 2.87. The Morgan fingerprint density at radius 3 is 2.88 bits per heavy atom. The second-order valence-electron chi connectivity index (χ2n) is 4.23. The second kappa shape index (κ2) is 7.49. The molecule has 4 heteroatoms. The molecule has 0 amide bonds. The molecule has 16 heavy (non-hydrogen) atoms. The van der Waals surface area contributed by atoms with E-state index < -0.39 is 0 Å². The summed E-state index contributed by atoms with van der Waals surface area (Å²) < 4.78 is 5.26. The van der Waals surface area contributed by atoms with Crippen LogP contribution in [0.25, 0.3) is 0 Å². The van der Waals surface area contributed by atoms with Crippen molar-refractivity contribution < 1.29 is 4.74 Å². The first kappa shape index (κ1) is 13.3. The van der Waals surface area contributed by atoms with E-state index in [1.165, 1.54) is 19.3 Å². The SMILES string of the molecule is CCCC1CC1NC(=NC)NCCOCC. The number of nitrogens with zero attached hydrogens (tertiary/aromatic N) is 1. The van der Waals surface area contributed by atoms with Crippen molar-refractivity contribution in [1.82, 2.24) is 10.6 Å². The van der Waals surface area contributed by atoms with Gasteiger partial charge in [-0.2, -0.15) is 0 Å². The van der Waals surface area contributed by atoms with E-state index in [2.05, 4.69) is 22.5 Å². The van der Waals surface area contributed by atoms with Crippen LogP contribution in [0.3, 0.4) is 0 Å². The fraction of sp³-hybridized carbons (Fsp3) is 0.917. The fourth-order valence-electron chi connectivity index (χ4n) is 1.87. The fourth-order valence-corrected chi connectivity index (χ4v) is 1.87. The smallest absolute Gasteiger partial charge is 0.191 e. The molecule has 0 aromatic rings. The maximum absolute atomic E-state index is 5.26. The standard InChI is InChI=1S/C12H25N3O/c1-4-6-10-9-11(10)15-12(13-3)14-7-8-16-5-2/h10-11H,4-9H2,1-3H3,(H2,13,14,15). The van der Waals surface area contributed by atoms with Gasteiger partial charge in [-0.15, -0.1) is 0 Å². The predicted molar refractivity (Wildman–Crippen MR) is 67.8 cm³/mol. The van der Waals surface area contributed by atoms with Gasteiger partial charge in [0.25, 0.3) is 0 Å². The number of aliphatic imine (C=N–C) groups is 1. The van der Waals surface area contributed by atoms with Gasteiger partial charge in [0.1, 0.15) is 0 Å². The summed E-state index contributed by atoms with van der Waals surface area (Å²) in [4.78, 5) is 4.20. The Morgan fingerprint density at radius 1 is 1.44 bits per heavy atom. The number of ether oxygens (including phenoxy) is 1. The zero-order valence-electron chi connectivity index (χ0n) is 10.8. The molecule has 0 aromatic carbocycles. The Kier molecular flexibility index (Phi) is 6.23. The van der Waals surface area contributed by atoms with E-state index in [9.17, 15) is 0 Å². The van der Waals surface area contributed by atoms with Crippen molar-refractivity contribution in [2.24, 2.45) is 10.9 Å². The molecular weight excluding hydrogens is 202 g/mol. The number of guanidine groups is 1. The van der Waals surface area contributed by atoms with Gasteiger partial charge in [-0.3, -0.25) is 4.99 Å². The van der Waals surface area contributed by atoms with Crippen molar-refractivity contribution in [3.8, 4) is 0 Å². The van der Waals surface area contributed by atoms with Crippen molar-refractivity contribution in [3.05, 3.63) is 0 Å². The normalized spacial score (nSPS) is 24.3. The van der Waals surface area contributed by atoms with E-state index in [1.807, 2.05) is 14.0 Å². The van der Waals surface area contributed by atoms with E-state index in [1.54, 1.807) is 0 Å². The monoisotopic (exact) mass is 227 g/mol. The van der Waals surface area contributed by atoms with Crippen LogP contribution < -0.4 is 10.6 Å². The third kappa shape index (κ3) is 4.84. The summed E-state index contributed by atoms with van der Waals surface area (Å²) in [6.07, 6.45) is 3.90. The minimum atomic E-state index is 0.637. The molecule has 0 heterocycles. The van der Waals surface area contributed by atoms with Crippen molar-refractivity contribution >= 4 is 5.96 Å². The molecule has 0 spiro atoms. The van der Waals surface area contributed by atoms with E-state index in [0.29, 0.717) is 6.04 Å². The lowest BCUT2D eigenvalue weighted by atomic mass is 10.2. The molecule has 0 aromatic heterocycles. The molecule has 1 aliphatic carbocycles. The van der Waals surface area contributed by atoms with Crippen molar-refractivity contribution in [2.45, 2.75) is 39.2 Å². The van der Waals surface area contributed by atoms with Crippen LogP contribution in [-0.2, 0) is 4.74 Å². The Hall–Kier alpha value is -0.770. The first-order valence-corrected chi connectivity index (χ1v) is 6.36. The highest BCUT2D eigenvalue weighted by molar-refractivity contribution is 5.80. The van der Waals surface area contributed by atoms with Crippen LogP contribution in [-0.4, -0.2) is 38.8 Å². The molecule has 1 aliphatic rings. The van der Waals surface area contributed by atoms with Gasteiger partial charge in [-0.25, -0.2) is 0 Å². The van der Waals surface area contributed by atoms with Crippen molar-refractivity contribution in [2.75, 3.05) is 26.8 Å². The number of hydrogen-bond donors (Lipinski definition) is 2. The van der Waals surface area contributed by atoms with Gasteiger partial charge in [0.2, 0.25) is 0 Å². The summed E-state index contributed by atoms with van der Waals surface area (Å²) in [5.41, 5.74) is 0. The molecule has 1 saturated carbocycles. The first-order chi connectivity index (χ1) is 7.81. The molecule has 2 unspecified atom stereocenters. The zero-order chi connectivity index (χ0) is 11.8. The molecule has 94 valence electrons. The first-order valence-electron chi connectivity index (χ1n) is 6.36.